The van der Waals surface area contributed by atoms with Gasteiger partial charge in [-0.3, -0.25) is 4.79 Å². The largest absolute Gasteiger partial charge is 0.348 e. The maximum absolute atomic E-state index is 13.2. The van der Waals surface area contributed by atoms with Gasteiger partial charge >= 0.3 is 0 Å². The Balaban J connectivity index is 1.74. The van der Waals surface area contributed by atoms with Crippen LogP contribution in [0, 0.1) is 0 Å². The molecule has 1 aromatic rings. The summed E-state index contributed by atoms with van der Waals surface area (Å²) in [7, 11) is -3.43. The number of carbonyl (C=O) groups excluding carboxylic acids is 1. The molecule has 0 atom stereocenters. The van der Waals surface area contributed by atoms with Crippen LogP contribution < -0.4 is 10.6 Å². The van der Waals surface area contributed by atoms with Crippen LogP contribution in [-0.4, -0.2) is 43.7 Å². The summed E-state index contributed by atoms with van der Waals surface area (Å²) < 4.78 is 26.4. The van der Waals surface area contributed by atoms with E-state index in [1.807, 2.05) is 6.08 Å². The molecular formula is C19H25N3O3S. The van der Waals surface area contributed by atoms with Gasteiger partial charge in [-0.15, -0.1) is 0 Å². The Hall–Kier alpha value is -1.73. The molecule has 1 amide bonds. The third-order valence-electron chi connectivity index (χ3n) is 5.42. The lowest BCUT2D eigenvalue weighted by Gasteiger charge is -2.19. The topological polar surface area (TPSA) is 88.2 Å². The molecule has 6 nitrogen and oxygen atoms in total. The van der Waals surface area contributed by atoms with Crippen LogP contribution in [0.15, 0.2) is 23.1 Å². The average Bonchev–Trinajstić information content (AvgIpc) is 3.29. The fraction of sp³-hybridized carbons (Fsp3) is 0.579. The summed E-state index contributed by atoms with van der Waals surface area (Å²) in [6, 6.07) is 3.40. The molecule has 4 rings (SSSR count). The van der Waals surface area contributed by atoms with E-state index in [0.717, 1.165) is 37.8 Å². The molecule has 0 spiro atoms. The normalized spacial score (nSPS) is 21.5. The smallest absolute Gasteiger partial charge is 0.270 e. The summed E-state index contributed by atoms with van der Waals surface area (Å²) >= 11 is 0. The summed E-state index contributed by atoms with van der Waals surface area (Å²) in [5.41, 5.74) is 1.69. The van der Waals surface area contributed by atoms with Crippen molar-refractivity contribution in [2.24, 2.45) is 0 Å². The summed E-state index contributed by atoms with van der Waals surface area (Å²) in [6.07, 6.45) is 8.06. The second kappa shape index (κ2) is 7.12. The number of aromatic nitrogens is 1. The van der Waals surface area contributed by atoms with Crippen molar-refractivity contribution in [3.63, 3.8) is 0 Å². The van der Waals surface area contributed by atoms with Crippen LogP contribution in [0.5, 0.6) is 0 Å². The summed E-state index contributed by atoms with van der Waals surface area (Å²) in [5, 5.41) is 5.84. The van der Waals surface area contributed by atoms with Crippen LogP contribution in [-0.2, 0) is 9.84 Å². The molecule has 2 heterocycles. The van der Waals surface area contributed by atoms with Crippen LogP contribution in [0.3, 0.4) is 0 Å². The fourth-order valence-corrected chi connectivity index (χ4v) is 5.75. The highest BCUT2D eigenvalue weighted by Crippen LogP contribution is 2.34. The number of rotatable bonds is 5. The predicted molar refractivity (Wildman–Crippen MR) is 99.6 cm³/mol. The van der Waals surface area contributed by atoms with E-state index in [9.17, 15) is 13.2 Å². The predicted octanol–water partition coefficient (Wildman–Crippen LogP) is 2.07. The first-order valence-electron chi connectivity index (χ1n) is 9.51. The molecule has 7 heteroatoms. The number of amides is 1. The monoisotopic (exact) mass is 375 g/mol. The minimum absolute atomic E-state index is 0.215. The van der Waals surface area contributed by atoms with Crippen LogP contribution >= 0.6 is 0 Å². The van der Waals surface area contributed by atoms with Crippen molar-refractivity contribution in [1.82, 2.24) is 15.6 Å². The van der Waals surface area contributed by atoms with Gasteiger partial charge in [-0.25, -0.2) is 13.4 Å². The molecule has 2 aliphatic carbocycles. The van der Waals surface area contributed by atoms with Crippen LogP contribution in [0.4, 0.5) is 0 Å². The van der Waals surface area contributed by atoms with E-state index in [-0.39, 0.29) is 17.2 Å². The minimum Gasteiger partial charge on any atom is -0.348 e. The van der Waals surface area contributed by atoms with E-state index < -0.39 is 9.84 Å². The second-order valence-electron chi connectivity index (χ2n) is 7.43. The minimum atomic E-state index is -3.43. The van der Waals surface area contributed by atoms with Crippen molar-refractivity contribution < 1.29 is 13.2 Å². The first-order chi connectivity index (χ1) is 12.6. The molecule has 0 aromatic carbocycles. The Labute approximate surface area is 154 Å². The number of carbonyl (C=O) groups is 1. The number of hydrogen-bond acceptors (Lipinski definition) is 5. The van der Waals surface area contributed by atoms with Crippen molar-refractivity contribution in [2.45, 2.75) is 61.1 Å². The van der Waals surface area contributed by atoms with E-state index >= 15 is 0 Å². The van der Waals surface area contributed by atoms with Gasteiger partial charge in [-0.1, -0.05) is 18.9 Å². The van der Waals surface area contributed by atoms with E-state index in [2.05, 4.69) is 15.6 Å². The number of nitrogens with zero attached hydrogens (tertiary/aromatic N) is 1. The van der Waals surface area contributed by atoms with Gasteiger partial charge in [0, 0.05) is 12.6 Å². The Bertz CT molecular complexity index is 838. The maximum Gasteiger partial charge on any atom is 0.270 e. The molecule has 0 bridgehead atoms. The standard InChI is InChI=1S/C19H25N3O3S/c23-19(21-14-5-6-14)16-7-8-17(26(24,25)15-3-1-2-4-15)18(22-16)13-9-11-20-12-10-13/h7-9,14-15,20H,1-6,10-12H2,(H,21,23). The number of sulfone groups is 1. The third kappa shape index (κ3) is 3.55. The Morgan fingerprint density at radius 1 is 1.15 bits per heavy atom. The van der Waals surface area contributed by atoms with Crippen molar-refractivity contribution in [1.29, 1.82) is 0 Å². The Kier molecular flexibility index (Phi) is 4.84. The fourth-order valence-electron chi connectivity index (χ4n) is 3.74. The molecule has 1 aromatic heterocycles. The zero-order valence-corrected chi connectivity index (χ0v) is 15.6. The second-order valence-corrected chi connectivity index (χ2v) is 9.62. The third-order valence-corrected chi connectivity index (χ3v) is 7.71. The molecule has 2 saturated carbocycles. The van der Waals surface area contributed by atoms with Gasteiger partial charge in [0.05, 0.1) is 15.8 Å². The lowest BCUT2D eigenvalue weighted by atomic mass is 10.0. The zero-order chi connectivity index (χ0) is 18.1. The van der Waals surface area contributed by atoms with Crippen molar-refractivity contribution in [2.75, 3.05) is 13.1 Å². The number of pyridine rings is 1. The van der Waals surface area contributed by atoms with Crippen molar-refractivity contribution >= 4 is 21.3 Å². The quantitative estimate of drug-likeness (QED) is 0.822. The van der Waals surface area contributed by atoms with E-state index in [4.69, 9.17) is 0 Å². The molecule has 1 aliphatic heterocycles. The van der Waals surface area contributed by atoms with E-state index in [1.54, 1.807) is 12.1 Å². The zero-order valence-electron chi connectivity index (χ0n) is 14.8. The number of nitrogens with one attached hydrogen (secondary N) is 2. The highest BCUT2D eigenvalue weighted by Gasteiger charge is 2.34. The molecule has 3 aliphatic rings. The van der Waals surface area contributed by atoms with Gasteiger partial charge in [0.25, 0.3) is 5.91 Å². The SMILES string of the molecule is O=C(NC1CC1)c1ccc(S(=O)(=O)C2CCCC2)c(C2=CCNCC2)n1. The molecule has 2 N–H and O–H groups in total. The molecule has 2 fully saturated rings. The lowest BCUT2D eigenvalue weighted by Crippen LogP contribution is -2.28. The van der Waals surface area contributed by atoms with Gasteiger partial charge in [0.2, 0.25) is 0 Å². The van der Waals surface area contributed by atoms with Crippen molar-refractivity contribution in [3.05, 3.63) is 29.6 Å². The van der Waals surface area contributed by atoms with Gasteiger partial charge in [-0.2, -0.15) is 0 Å². The molecule has 0 unspecified atom stereocenters. The van der Waals surface area contributed by atoms with E-state index in [0.29, 0.717) is 42.1 Å². The lowest BCUT2D eigenvalue weighted by molar-refractivity contribution is 0.0946. The molecular weight excluding hydrogens is 350 g/mol. The van der Waals surface area contributed by atoms with Crippen LogP contribution in [0.25, 0.3) is 5.57 Å². The van der Waals surface area contributed by atoms with Gasteiger partial charge in [0.15, 0.2) is 9.84 Å². The summed E-state index contributed by atoms with van der Waals surface area (Å²) in [5.74, 6) is -0.215. The summed E-state index contributed by atoms with van der Waals surface area (Å²) in [6.45, 7) is 1.48. The highest BCUT2D eigenvalue weighted by atomic mass is 32.2. The molecule has 26 heavy (non-hydrogen) atoms. The Morgan fingerprint density at radius 3 is 2.58 bits per heavy atom. The van der Waals surface area contributed by atoms with Crippen LogP contribution in [0.1, 0.15) is 61.1 Å². The van der Waals surface area contributed by atoms with Gasteiger partial charge in [-0.05, 0) is 56.4 Å². The average molecular weight is 375 g/mol. The molecule has 0 radical (unpaired) electrons. The highest BCUT2D eigenvalue weighted by molar-refractivity contribution is 7.92. The molecule has 140 valence electrons. The van der Waals surface area contributed by atoms with E-state index in [1.165, 1.54) is 0 Å². The first kappa shape index (κ1) is 17.7. The Morgan fingerprint density at radius 2 is 1.92 bits per heavy atom. The van der Waals surface area contributed by atoms with Gasteiger partial charge < -0.3 is 10.6 Å². The van der Waals surface area contributed by atoms with Gasteiger partial charge in [0.1, 0.15) is 5.69 Å². The summed E-state index contributed by atoms with van der Waals surface area (Å²) in [4.78, 5) is 17.2. The maximum atomic E-state index is 13.2. The first-order valence-corrected chi connectivity index (χ1v) is 11.1. The number of hydrogen-bond donors (Lipinski definition) is 2. The van der Waals surface area contributed by atoms with Crippen LogP contribution in [0.2, 0.25) is 0 Å². The molecule has 0 saturated heterocycles. The van der Waals surface area contributed by atoms with Crippen molar-refractivity contribution in [3.8, 4) is 0 Å².